The molecule has 0 atom stereocenters. The third-order valence-corrected chi connectivity index (χ3v) is 3.80. The second-order valence-electron chi connectivity index (χ2n) is 5.66. The highest BCUT2D eigenvalue weighted by Gasteiger charge is 2.25. The van der Waals surface area contributed by atoms with E-state index in [4.69, 9.17) is 0 Å². The first-order chi connectivity index (χ1) is 10.5. The Labute approximate surface area is 130 Å². The predicted molar refractivity (Wildman–Crippen MR) is 83.3 cm³/mol. The standard InChI is InChI=1S/C15H23N5O2/c1-12(2)20(13(3)21)11-14(22)18-7-9-19(10-8-18)15-16-5-4-6-17-15/h4-6,12H,7-11H2,1-3H3. The Morgan fingerprint density at radius 2 is 1.77 bits per heavy atom. The highest BCUT2D eigenvalue weighted by atomic mass is 16.2. The maximum Gasteiger partial charge on any atom is 0.242 e. The van der Waals surface area contributed by atoms with Crippen LogP contribution in [0.3, 0.4) is 0 Å². The van der Waals surface area contributed by atoms with Gasteiger partial charge in [-0.25, -0.2) is 9.97 Å². The topological polar surface area (TPSA) is 69.6 Å². The number of carbonyl (C=O) groups is 2. The summed E-state index contributed by atoms with van der Waals surface area (Å²) in [6, 6.07) is 1.81. The first-order valence-corrected chi connectivity index (χ1v) is 7.56. The number of nitrogens with zero attached hydrogens (tertiary/aromatic N) is 5. The molecule has 1 saturated heterocycles. The fraction of sp³-hybridized carbons (Fsp3) is 0.600. The summed E-state index contributed by atoms with van der Waals surface area (Å²) in [6.45, 7) is 8.14. The molecule has 0 aliphatic carbocycles. The van der Waals surface area contributed by atoms with Crippen LogP contribution in [0.15, 0.2) is 18.5 Å². The van der Waals surface area contributed by atoms with Crippen molar-refractivity contribution in [2.24, 2.45) is 0 Å². The minimum absolute atomic E-state index is 0.00229. The normalized spacial score (nSPS) is 15.1. The molecule has 1 aliphatic rings. The Kier molecular flexibility index (Phi) is 5.30. The van der Waals surface area contributed by atoms with Crippen LogP contribution >= 0.6 is 0 Å². The van der Waals surface area contributed by atoms with E-state index in [-0.39, 0.29) is 24.4 Å². The third kappa shape index (κ3) is 3.93. The lowest BCUT2D eigenvalue weighted by molar-refractivity contribution is -0.141. The molecule has 0 unspecified atom stereocenters. The van der Waals surface area contributed by atoms with Crippen molar-refractivity contribution < 1.29 is 9.59 Å². The molecule has 2 heterocycles. The molecule has 1 aromatic heterocycles. The highest BCUT2D eigenvalue weighted by molar-refractivity contribution is 5.84. The molecule has 0 spiro atoms. The highest BCUT2D eigenvalue weighted by Crippen LogP contribution is 2.10. The zero-order valence-electron chi connectivity index (χ0n) is 13.4. The van der Waals surface area contributed by atoms with E-state index in [2.05, 4.69) is 14.9 Å². The second-order valence-corrected chi connectivity index (χ2v) is 5.66. The minimum atomic E-state index is -0.0697. The smallest absolute Gasteiger partial charge is 0.242 e. The molecule has 1 aliphatic heterocycles. The van der Waals surface area contributed by atoms with Gasteiger partial charge in [-0.05, 0) is 19.9 Å². The lowest BCUT2D eigenvalue weighted by atomic mass is 10.2. The zero-order chi connectivity index (χ0) is 16.1. The summed E-state index contributed by atoms with van der Waals surface area (Å²) < 4.78 is 0. The summed E-state index contributed by atoms with van der Waals surface area (Å²) in [6.07, 6.45) is 3.43. The van der Waals surface area contributed by atoms with Crippen LogP contribution < -0.4 is 4.90 Å². The lowest BCUT2D eigenvalue weighted by Crippen LogP contribution is -2.52. The van der Waals surface area contributed by atoms with Crippen LogP contribution in [-0.2, 0) is 9.59 Å². The fourth-order valence-corrected chi connectivity index (χ4v) is 2.51. The molecule has 1 aromatic rings. The van der Waals surface area contributed by atoms with E-state index in [9.17, 15) is 9.59 Å². The number of amides is 2. The van der Waals surface area contributed by atoms with Gasteiger partial charge in [-0.1, -0.05) is 0 Å². The van der Waals surface area contributed by atoms with Crippen LogP contribution in [0.4, 0.5) is 5.95 Å². The van der Waals surface area contributed by atoms with Crippen molar-refractivity contribution in [3.05, 3.63) is 18.5 Å². The Morgan fingerprint density at radius 3 is 2.27 bits per heavy atom. The van der Waals surface area contributed by atoms with Gasteiger partial charge in [0, 0.05) is 51.5 Å². The van der Waals surface area contributed by atoms with Crippen molar-refractivity contribution in [3.63, 3.8) is 0 Å². The number of piperazine rings is 1. The molecule has 120 valence electrons. The Bertz CT molecular complexity index is 512. The van der Waals surface area contributed by atoms with E-state index in [1.807, 2.05) is 13.8 Å². The molecule has 0 aromatic carbocycles. The van der Waals surface area contributed by atoms with Crippen LogP contribution in [0.25, 0.3) is 0 Å². The molecule has 0 radical (unpaired) electrons. The van der Waals surface area contributed by atoms with Gasteiger partial charge in [0.05, 0.1) is 6.54 Å². The van der Waals surface area contributed by atoms with Crippen LogP contribution in [-0.4, -0.2) is 70.3 Å². The van der Waals surface area contributed by atoms with E-state index in [0.717, 1.165) is 0 Å². The monoisotopic (exact) mass is 305 g/mol. The van der Waals surface area contributed by atoms with Crippen LogP contribution in [0.1, 0.15) is 20.8 Å². The van der Waals surface area contributed by atoms with Gasteiger partial charge < -0.3 is 14.7 Å². The van der Waals surface area contributed by atoms with Gasteiger partial charge in [-0.2, -0.15) is 0 Å². The summed E-state index contributed by atoms with van der Waals surface area (Å²) in [7, 11) is 0. The zero-order valence-corrected chi connectivity index (χ0v) is 13.4. The lowest BCUT2D eigenvalue weighted by Gasteiger charge is -2.36. The van der Waals surface area contributed by atoms with Crippen LogP contribution in [0, 0.1) is 0 Å². The van der Waals surface area contributed by atoms with Crippen molar-refractivity contribution in [2.75, 3.05) is 37.6 Å². The maximum atomic E-state index is 12.3. The van der Waals surface area contributed by atoms with Gasteiger partial charge >= 0.3 is 0 Å². The van der Waals surface area contributed by atoms with Crippen molar-refractivity contribution in [1.29, 1.82) is 0 Å². The van der Waals surface area contributed by atoms with E-state index in [1.54, 1.807) is 28.3 Å². The summed E-state index contributed by atoms with van der Waals surface area (Å²) in [5.74, 6) is 0.624. The molecule has 22 heavy (non-hydrogen) atoms. The van der Waals surface area contributed by atoms with Gasteiger partial charge in [0.2, 0.25) is 17.8 Å². The van der Waals surface area contributed by atoms with E-state index >= 15 is 0 Å². The largest absolute Gasteiger partial charge is 0.338 e. The minimum Gasteiger partial charge on any atom is -0.338 e. The molecule has 7 heteroatoms. The quantitative estimate of drug-likeness (QED) is 0.804. The van der Waals surface area contributed by atoms with Gasteiger partial charge in [-0.15, -0.1) is 0 Å². The molecule has 2 rings (SSSR count). The second kappa shape index (κ2) is 7.20. The molecule has 1 fully saturated rings. The van der Waals surface area contributed by atoms with Crippen molar-refractivity contribution in [2.45, 2.75) is 26.8 Å². The van der Waals surface area contributed by atoms with Gasteiger partial charge in [0.1, 0.15) is 0 Å². The number of anilines is 1. The summed E-state index contributed by atoms with van der Waals surface area (Å²) in [5, 5.41) is 0. The van der Waals surface area contributed by atoms with Crippen LogP contribution in [0.2, 0.25) is 0 Å². The molecular formula is C15H23N5O2. The van der Waals surface area contributed by atoms with Crippen molar-refractivity contribution >= 4 is 17.8 Å². The Balaban J connectivity index is 1.88. The van der Waals surface area contributed by atoms with E-state index < -0.39 is 0 Å². The average Bonchev–Trinajstić information content (AvgIpc) is 2.52. The first-order valence-electron chi connectivity index (χ1n) is 7.56. The number of aromatic nitrogens is 2. The fourth-order valence-electron chi connectivity index (χ4n) is 2.51. The average molecular weight is 305 g/mol. The molecule has 2 amide bonds. The molecule has 0 N–H and O–H groups in total. The van der Waals surface area contributed by atoms with E-state index in [1.165, 1.54) is 6.92 Å². The maximum absolute atomic E-state index is 12.3. The molecule has 0 bridgehead atoms. The van der Waals surface area contributed by atoms with Gasteiger partial charge in [0.15, 0.2) is 0 Å². The molecular weight excluding hydrogens is 282 g/mol. The molecule has 0 saturated carbocycles. The SMILES string of the molecule is CC(=O)N(CC(=O)N1CCN(c2ncccn2)CC1)C(C)C. The summed E-state index contributed by atoms with van der Waals surface area (Å²) in [4.78, 5) is 37.8. The number of rotatable bonds is 4. The predicted octanol–water partition coefficient (Wildman–Crippen LogP) is 0.382. The van der Waals surface area contributed by atoms with Crippen molar-refractivity contribution in [1.82, 2.24) is 19.8 Å². The Morgan fingerprint density at radius 1 is 1.18 bits per heavy atom. The first kappa shape index (κ1) is 16.2. The Hall–Kier alpha value is -2.18. The molecule has 7 nitrogen and oxygen atoms in total. The van der Waals surface area contributed by atoms with E-state index in [0.29, 0.717) is 32.1 Å². The van der Waals surface area contributed by atoms with Gasteiger partial charge in [-0.3, -0.25) is 9.59 Å². The number of hydrogen-bond donors (Lipinski definition) is 0. The summed E-state index contributed by atoms with van der Waals surface area (Å²) in [5.41, 5.74) is 0. The third-order valence-electron chi connectivity index (χ3n) is 3.80. The number of hydrogen-bond acceptors (Lipinski definition) is 5. The van der Waals surface area contributed by atoms with Crippen LogP contribution in [0.5, 0.6) is 0 Å². The number of carbonyl (C=O) groups excluding carboxylic acids is 2. The van der Waals surface area contributed by atoms with Crippen molar-refractivity contribution in [3.8, 4) is 0 Å². The summed E-state index contributed by atoms with van der Waals surface area (Å²) >= 11 is 0. The van der Waals surface area contributed by atoms with Gasteiger partial charge in [0.25, 0.3) is 0 Å².